The monoisotopic (exact) mass is 400 g/mol. The maximum Gasteiger partial charge on any atom is 0.321 e. The standard InChI is InChI=1S/C21H28N4O2S/c1-14(2)20-23-18(13-28-20)12-22-19(26)16-7-9-25(10-8-16)21(27)24-17-6-4-5-15(3)11-17/h4-6,11,13-14,16H,7-10,12H2,1-3H3,(H,22,26)(H,24,27). The molecule has 0 unspecified atom stereocenters. The number of carbonyl (C=O) groups is 2. The summed E-state index contributed by atoms with van der Waals surface area (Å²) in [6.45, 7) is 7.87. The van der Waals surface area contributed by atoms with Gasteiger partial charge in [-0.05, 0) is 37.5 Å². The molecule has 0 spiro atoms. The molecule has 1 aromatic heterocycles. The zero-order valence-corrected chi connectivity index (χ0v) is 17.5. The molecular formula is C21H28N4O2S. The SMILES string of the molecule is Cc1cccc(NC(=O)N2CCC(C(=O)NCc3csc(C(C)C)n3)CC2)c1. The fraction of sp³-hybridized carbons (Fsp3) is 0.476. The lowest BCUT2D eigenvalue weighted by molar-refractivity contribution is -0.126. The summed E-state index contributed by atoms with van der Waals surface area (Å²) in [5.41, 5.74) is 2.82. The molecule has 150 valence electrons. The molecule has 0 saturated carbocycles. The Labute approximate surface area is 170 Å². The highest BCUT2D eigenvalue weighted by Gasteiger charge is 2.27. The first-order valence-corrected chi connectivity index (χ1v) is 10.6. The van der Waals surface area contributed by atoms with Crippen molar-refractivity contribution in [2.75, 3.05) is 18.4 Å². The second-order valence-corrected chi connectivity index (χ2v) is 8.50. The normalized spacial score (nSPS) is 14.9. The molecule has 1 aliphatic heterocycles. The van der Waals surface area contributed by atoms with Gasteiger partial charge in [-0.15, -0.1) is 11.3 Å². The number of anilines is 1. The molecule has 1 aromatic carbocycles. The van der Waals surface area contributed by atoms with E-state index in [-0.39, 0.29) is 17.9 Å². The molecule has 2 aromatic rings. The van der Waals surface area contributed by atoms with Gasteiger partial charge in [-0.1, -0.05) is 26.0 Å². The van der Waals surface area contributed by atoms with Crippen molar-refractivity contribution in [3.63, 3.8) is 0 Å². The molecule has 2 heterocycles. The van der Waals surface area contributed by atoms with Crippen molar-refractivity contribution in [3.8, 4) is 0 Å². The van der Waals surface area contributed by atoms with Gasteiger partial charge >= 0.3 is 6.03 Å². The summed E-state index contributed by atoms with van der Waals surface area (Å²) in [6.07, 6.45) is 1.36. The fourth-order valence-electron chi connectivity index (χ4n) is 3.26. The van der Waals surface area contributed by atoms with E-state index in [2.05, 4.69) is 29.5 Å². The average Bonchev–Trinajstić information content (AvgIpc) is 3.16. The number of amides is 3. The number of piperidine rings is 1. The number of thiazole rings is 1. The van der Waals surface area contributed by atoms with Crippen LogP contribution in [-0.4, -0.2) is 34.9 Å². The zero-order valence-electron chi connectivity index (χ0n) is 16.7. The van der Waals surface area contributed by atoms with E-state index in [4.69, 9.17) is 0 Å². The number of hydrogen-bond donors (Lipinski definition) is 2. The summed E-state index contributed by atoms with van der Waals surface area (Å²) in [5, 5.41) is 9.03. The molecule has 3 amide bonds. The summed E-state index contributed by atoms with van der Waals surface area (Å²) in [4.78, 5) is 31.2. The molecule has 6 nitrogen and oxygen atoms in total. The van der Waals surface area contributed by atoms with Gasteiger partial charge in [0.25, 0.3) is 0 Å². The van der Waals surface area contributed by atoms with E-state index in [1.54, 1.807) is 16.2 Å². The quantitative estimate of drug-likeness (QED) is 0.792. The number of aromatic nitrogens is 1. The average molecular weight is 401 g/mol. The van der Waals surface area contributed by atoms with Gasteiger partial charge in [0.2, 0.25) is 5.91 Å². The number of hydrogen-bond acceptors (Lipinski definition) is 4. The van der Waals surface area contributed by atoms with E-state index < -0.39 is 0 Å². The summed E-state index contributed by atoms with van der Waals surface area (Å²) in [5.74, 6) is 0.411. The predicted octanol–water partition coefficient (Wildman–Crippen LogP) is 4.14. The number of carbonyl (C=O) groups excluding carboxylic acids is 2. The van der Waals surface area contributed by atoms with Gasteiger partial charge < -0.3 is 15.5 Å². The molecular weight excluding hydrogens is 372 g/mol. The van der Waals surface area contributed by atoms with Crippen LogP contribution in [0, 0.1) is 12.8 Å². The highest BCUT2D eigenvalue weighted by atomic mass is 32.1. The van der Waals surface area contributed by atoms with Crippen LogP contribution < -0.4 is 10.6 Å². The van der Waals surface area contributed by atoms with E-state index in [0.29, 0.717) is 38.4 Å². The Morgan fingerprint density at radius 1 is 1.29 bits per heavy atom. The van der Waals surface area contributed by atoms with Gasteiger partial charge in [-0.3, -0.25) is 4.79 Å². The van der Waals surface area contributed by atoms with Crippen LogP contribution in [0.5, 0.6) is 0 Å². The lowest BCUT2D eigenvalue weighted by atomic mass is 9.96. The first-order chi connectivity index (χ1) is 13.4. The highest BCUT2D eigenvalue weighted by Crippen LogP contribution is 2.21. The van der Waals surface area contributed by atoms with Gasteiger partial charge in [0.15, 0.2) is 0 Å². The van der Waals surface area contributed by atoms with E-state index in [1.165, 1.54) is 0 Å². The van der Waals surface area contributed by atoms with E-state index in [9.17, 15) is 9.59 Å². The first kappa shape index (κ1) is 20.3. The maximum atomic E-state index is 12.5. The molecule has 0 aliphatic carbocycles. The molecule has 0 bridgehead atoms. The third kappa shape index (κ3) is 5.32. The summed E-state index contributed by atoms with van der Waals surface area (Å²) >= 11 is 1.64. The van der Waals surface area contributed by atoms with Crippen LogP contribution in [0.2, 0.25) is 0 Å². The van der Waals surface area contributed by atoms with Crippen LogP contribution in [0.25, 0.3) is 0 Å². The summed E-state index contributed by atoms with van der Waals surface area (Å²) < 4.78 is 0. The van der Waals surface area contributed by atoms with Crippen molar-refractivity contribution < 1.29 is 9.59 Å². The number of urea groups is 1. The molecule has 0 atom stereocenters. The number of rotatable bonds is 5. The number of nitrogens with zero attached hydrogens (tertiary/aromatic N) is 2. The fourth-order valence-corrected chi connectivity index (χ4v) is 4.10. The molecule has 2 N–H and O–H groups in total. The van der Waals surface area contributed by atoms with Crippen molar-refractivity contribution in [2.45, 2.75) is 46.1 Å². The van der Waals surface area contributed by atoms with Gasteiger partial charge in [-0.2, -0.15) is 0 Å². The lowest BCUT2D eigenvalue weighted by Gasteiger charge is -2.31. The van der Waals surface area contributed by atoms with Gasteiger partial charge in [-0.25, -0.2) is 9.78 Å². The Balaban J connectivity index is 1.43. The van der Waals surface area contributed by atoms with Crippen LogP contribution in [0.15, 0.2) is 29.6 Å². The smallest absolute Gasteiger partial charge is 0.321 e. The van der Waals surface area contributed by atoms with Crippen molar-refractivity contribution in [1.82, 2.24) is 15.2 Å². The molecule has 1 saturated heterocycles. The van der Waals surface area contributed by atoms with Gasteiger partial charge in [0.05, 0.1) is 17.2 Å². The summed E-state index contributed by atoms with van der Waals surface area (Å²) in [6, 6.07) is 7.64. The van der Waals surface area contributed by atoms with Gasteiger partial charge in [0, 0.05) is 36.0 Å². The second kappa shape index (κ2) is 9.19. The molecule has 1 aliphatic rings. The maximum absolute atomic E-state index is 12.5. The predicted molar refractivity (Wildman–Crippen MR) is 113 cm³/mol. The number of aryl methyl sites for hydroxylation is 1. The Bertz CT molecular complexity index is 825. The lowest BCUT2D eigenvalue weighted by Crippen LogP contribution is -2.44. The summed E-state index contributed by atoms with van der Waals surface area (Å²) in [7, 11) is 0. The molecule has 28 heavy (non-hydrogen) atoms. The number of likely N-dealkylation sites (tertiary alicyclic amines) is 1. The Kier molecular flexibility index (Phi) is 6.67. The van der Waals surface area contributed by atoms with Crippen molar-refractivity contribution in [3.05, 3.63) is 45.9 Å². The van der Waals surface area contributed by atoms with E-state index in [0.717, 1.165) is 22.0 Å². The van der Waals surface area contributed by atoms with Crippen LogP contribution in [0.1, 0.15) is 48.9 Å². The van der Waals surface area contributed by atoms with Gasteiger partial charge in [0.1, 0.15) is 0 Å². The molecule has 1 fully saturated rings. The third-order valence-corrected chi connectivity index (χ3v) is 6.12. The number of benzene rings is 1. The van der Waals surface area contributed by atoms with Crippen LogP contribution >= 0.6 is 11.3 Å². The Morgan fingerprint density at radius 2 is 2.04 bits per heavy atom. The topological polar surface area (TPSA) is 74.3 Å². The minimum atomic E-state index is -0.104. The van der Waals surface area contributed by atoms with Crippen LogP contribution in [0.3, 0.4) is 0 Å². The molecule has 0 radical (unpaired) electrons. The van der Waals surface area contributed by atoms with Crippen LogP contribution in [-0.2, 0) is 11.3 Å². The Morgan fingerprint density at radius 3 is 2.68 bits per heavy atom. The second-order valence-electron chi connectivity index (χ2n) is 7.61. The largest absolute Gasteiger partial charge is 0.350 e. The highest BCUT2D eigenvalue weighted by molar-refractivity contribution is 7.09. The van der Waals surface area contributed by atoms with E-state index >= 15 is 0 Å². The molecule has 7 heteroatoms. The van der Waals surface area contributed by atoms with E-state index in [1.807, 2.05) is 36.6 Å². The zero-order chi connectivity index (χ0) is 20.1. The minimum Gasteiger partial charge on any atom is -0.350 e. The third-order valence-electron chi connectivity index (χ3n) is 4.93. The molecule has 3 rings (SSSR count). The minimum absolute atomic E-state index is 0.0498. The van der Waals surface area contributed by atoms with Crippen LogP contribution in [0.4, 0.5) is 10.5 Å². The van der Waals surface area contributed by atoms with Crippen molar-refractivity contribution in [2.24, 2.45) is 5.92 Å². The van der Waals surface area contributed by atoms with Crippen molar-refractivity contribution in [1.29, 1.82) is 0 Å². The number of nitrogens with one attached hydrogen (secondary N) is 2. The van der Waals surface area contributed by atoms with Crippen molar-refractivity contribution >= 4 is 29.0 Å². The Hall–Kier alpha value is -2.41. The first-order valence-electron chi connectivity index (χ1n) is 9.77.